The van der Waals surface area contributed by atoms with Gasteiger partial charge in [-0.3, -0.25) is 0 Å². The lowest BCUT2D eigenvalue weighted by Gasteiger charge is -2.08. The minimum atomic E-state index is -0.319. The first-order chi connectivity index (χ1) is 10.1. The average molecular weight is 388 g/mol. The molecule has 1 heterocycles. The molecule has 0 aliphatic heterocycles. The number of aromatic nitrogens is 2. The molecule has 108 valence electrons. The maximum atomic E-state index is 13.8. The van der Waals surface area contributed by atoms with E-state index in [4.69, 9.17) is 23.2 Å². The SMILES string of the molecule is Fc1cc2c(cc1Br)nc(CCl)n2Cc1ccc(Cl)cc1. The van der Waals surface area contributed by atoms with Gasteiger partial charge in [-0.15, -0.1) is 11.6 Å². The van der Waals surface area contributed by atoms with Gasteiger partial charge in [-0.25, -0.2) is 9.37 Å². The van der Waals surface area contributed by atoms with Gasteiger partial charge in [-0.05, 0) is 39.7 Å². The number of halogens is 4. The Bertz CT molecular complexity index is 800. The molecule has 2 nitrogen and oxygen atoms in total. The van der Waals surface area contributed by atoms with Crippen molar-refractivity contribution in [1.82, 2.24) is 9.55 Å². The Morgan fingerprint density at radius 2 is 1.90 bits per heavy atom. The molecule has 6 heteroatoms. The standard InChI is InChI=1S/C15H10BrCl2FN2/c16-11-5-13-14(6-12(11)19)21(15(7-17)20-13)8-9-1-3-10(18)4-2-9/h1-6H,7-8H2. The zero-order chi connectivity index (χ0) is 15.0. The molecule has 1 aromatic heterocycles. The molecule has 0 saturated heterocycles. The predicted octanol–water partition coefficient (Wildman–Crippen LogP) is 5.38. The highest BCUT2D eigenvalue weighted by atomic mass is 79.9. The molecule has 3 aromatic rings. The number of hydrogen-bond donors (Lipinski definition) is 0. The van der Waals surface area contributed by atoms with Gasteiger partial charge < -0.3 is 4.57 Å². The molecule has 0 aliphatic rings. The Morgan fingerprint density at radius 1 is 1.19 bits per heavy atom. The van der Waals surface area contributed by atoms with Gasteiger partial charge in [0, 0.05) is 17.6 Å². The van der Waals surface area contributed by atoms with Crippen LogP contribution in [0.2, 0.25) is 5.02 Å². The summed E-state index contributed by atoms with van der Waals surface area (Å²) < 4.78 is 16.1. The molecule has 3 rings (SSSR count). The number of rotatable bonds is 3. The van der Waals surface area contributed by atoms with Crippen LogP contribution >= 0.6 is 39.1 Å². The van der Waals surface area contributed by atoms with Crippen LogP contribution in [0, 0.1) is 5.82 Å². The van der Waals surface area contributed by atoms with E-state index >= 15 is 0 Å². The van der Waals surface area contributed by atoms with Gasteiger partial charge in [-0.2, -0.15) is 0 Å². The Morgan fingerprint density at radius 3 is 2.57 bits per heavy atom. The summed E-state index contributed by atoms with van der Waals surface area (Å²) in [5, 5.41) is 0.682. The fourth-order valence-corrected chi connectivity index (χ4v) is 2.88. The third-order valence-electron chi connectivity index (χ3n) is 3.24. The molecule has 2 aromatic carbocycles. The number of nitrogens with zero attached hydrogens (tertiary/aromatic N) is 2. The van der Waals surface area contributed by atoms with E-state index in [1.54, 1.807) is 6.07 Å². The van der Waals surface area contributed by atoms with Gasteiger partial charge in [-0.1, -0.05) is 23.7 Å². The molecular weight excluding hydrogens is 378 g/mol. The quantitative estimate of drug-likeness (QED) is 0.551. The lowest BCUT2D eigenvalue weighted by molar-refractivity contribution is 0.621. The molecule has 0 N–H and O–H groups in total. The maximum absolute atomic E-state index is 13.8. The van der Waals surface area contributed by atoms with Crippen LogP contribution in [0.25, 0.3) is 11.0 Å². The van der Waals surface area contributed by atoms with Crippen LogP contribution in [-0.2, 0) is 12.4 Å². The van der Waals surface area contributed by atoms with Crippen molar-refractivity contribution in [2.45, 2.75) is 12.4 Å². The van der Waals surface area contributed by atoms with Crippen molar-refractivity contribution in [1.29, 1.82) is 0 Å². The van der Waals surface area contributed by atoms with Gasteiger partial charge >= 0.3 is 0 Å². The highest BCUT2D eigenvalue weighted by molar-refractivity contribution is 9.10. The van der Waals surface area contributed by atoms with E-state index in [-0.39, 0.29) is 11.7 Å². The van der Waals surface area contributed by atoms with Crippen molar-refractivity contribution in [2.75, 3.05) is 0 Å². The van der Waals surface area contributed by atoms with Crippen molar-refractivity contribution in [3.8, 4) is 0 Å². The molecule has 21 heavy (non-hydrogen) atoms. The van der Waals surface area contributed by atoms with E-state index in [0.29, 0.717) is 27.4 Å². The van der Waals surface area contributed by atoms with Crippen LogP contribution in [0.5, 0.6) is 0 Å². The highest BCUT2D eigenvalue weighted by Gasteiger charge is 2.13. The van der Waals surface area contributed by atoms with Gasteiger partial charge in [0.2, 0.25) is 0 Å². The van der Waals surface area contributed by atoms with E-state index in [2.05, 4.69) is 20.9 Å². The normalized spacial score (nSPS) is 11.2. The molecular formula is C15H10BrCl2FN2. The van der Waals surface area contributed by atoms with Crippen molar-refractivity contribution < 1.29 is 4.39 Å². The van der Waals surface area contributed by atoms with E-state index in [0.717, 1.165) is 11.1 Å². The topological polar surface area (TPSA) is 17.8 Å². The molecule has 0 atom stereocenters. The smallest absolute Gasteiger partial charge is 0.139 e. The molecule has 0 bridgehead atoms. The van der Waals surface area contributed by atoms with Crippen molar-refractivity contribution in [2.24, 2.45) is 0 Å². The van der Waals surface area contributed by atoms with E-state index < -0.39 is 0 Å². The second-order valence-electron chi connectivity index (χ2n) is 4.63. The van der Waals surface area contributed by atoms with Gasteiger partial charge in [0.15, 0.2) is 0 Å². The van der Waals surface area contributed by atoms with Crippen LogP contribution in [0.15, 0.2) is 40.9 Å². The van der Waals surface area contributed by atoms with Gasteiger partial charge in [0.25, 0.3) is 0 Å². The first-order valence-corrected chi connectivity index (χ1v) is 7.93. The fraction of sp³-hybridized carbons (Fsp3) is 0.133. The Kier molecular flexibility index (Phi) is 4.20. The second kappa shape index (κ2) is 5.95. The lowest BCUT2D eigenvalue weighted by Crippen LogP contribution is -2.03. The molecule has 0 fully saturated rings. The van der Waals surface area contributed by atoms with Crippen LogP contribution in [-0.4, -0.2) is 9.55 Å². The monoisotopic (exact) mass is 386 g/mol. The number of benzene rings is 2. The zero-order valence-corrected chi connectivity index (χ0v) is 13.9. The Balaban J connectivity index is 2.11. The molecule has 0 aliphatic carbocycles. The summed E-state index contributed by atoms with van der Waals surface area (Å²) in [6.45, 7) is 0.566. The largest absolute Gasteiger partial charge is 0.322 e. The number of imidazole rings is 1. The van der Waals surface area contributed by atoms with E-state index in [1.165, 1.54) is 6.07 Å². The highest BCUT2D eigenvalue weighted by Crippen LogP contribution is 2.25. The maximum Gasteiger partial charge on any atom is 0.139 e. The summed E-state index contributed by atoms with van der Waals surface area (Å²) in [4.78, 5) is 4.46. The zero-order valence-electron chi connectivity index (χ0n) is 10.8. The average Bonchev–Trinajstić information content (AvgIpc) is 2.79. The third kappa shape index (κ3) is 2.93. The fourth-order valence-electron chi connectivity index (χ4n) is 2.22. The summed E-state index contributed by atoms with van der Waals surface area (Å²) >= 11 is 15.0. The Hall–Kier alpha value is -1.10. The van der Waals surface area contributed by atoms with Crippen molar-refractivity contribution in [3.05, 3.63) is 63.1 Å². The lowest BCUT2D eigenvalue weighted by atomic mass is 10.2. The van der Waals surface area contributed by atoms with Gasteiger partial charge in [0.05, 0.1) is 21.4 Å². The van der Waals surface area contributed by atoms with E-state index in [1.807, 2.05) is 28.8 Å². The molecule has 0 radical (unpaired) electrons. The minimum absolute atomic E-state index is 0.265. The van der Waals surface area contributed by atoms with Crippen molar-refractivity contribution in [3.63, 3.8) is 0 Å². The number of hydrogen-bond acceptors (Lipinski definition) is 1. The van der Waals surface area contributed by atoms with Crippen LogP contribution in [0.3, 0.4) is 0 Å². The third-order valence-corrected chi connectivity index (χ3v) is 4.34. The van der Waals surface area contributed by atoms with Crippen LogP contribution in [0.1, 0.15) is 11.4 Å². The molecule has 0 saturated carbocycles. The first kappa shape index (κ1) is 14.8. The second-order valence-corrected chi connectivity index (χ2v) is 6.19. The Labute approximate surface area is 139 Å². The summed E-state index contributed by atoms with van der Waals surface area (Å²) in [5.41, 5.74) is 2.49. The molecule has 0 amide bonds. The van der Waals surface area contributed by atoms with E-state index in [9.17, 15) is 4.39 Å². The molecule has 0 spiro atoms. The first-order valence-electron chi connectivity index (χ1n) is 6.23. The van der Waals surface area contributed by atoms with Crippen LogP contribution < -0.4 is 0 Å². The number of fused-ring (bicyclic) bond motifs is 1. The summed E-state index contributed by atoms with van der Waals surface area (Å²) in [6.07, 6.45) is 0. The van der Waals surface area contributed by atoms with Gasteiger partial charge in [0.1, 0.15) is 11.6 Å². The summed E-state index contributed by atoms with van der Waals surface area (Å²) in [6, 6.07) is 10.7. The summed E-state index contributed by atoms with van der Waals surface area (Å²) in [7, 11) is 0. The predicted molar refractivity (Wildman–Crippen MR) is 87.5 cm³/mol. The molecule has 0 unspecified atom stereocenters. The van der Waals surface area contributed by atoms with Crippen LogP contribution in [0.4, 0.5) is 4.39 Å². The minimum Gasteiger partial charge on any atom is -0.322 e. The van der Waals surface area contributed by atoms with Crippen molar-refractivity contribution >= 4 is 50.2 Å². The summed E-state index contributed by atoms with van der Waals surface area (Å²) in [5.74, 6) is 0.654. The number of alkyl halides is 1.